The Morgan fingerprint density at radius 3 is 2.24 bits per heavy atom. The zero-order valence-electron chi connectivity index (χ0n) is 8.84. The predicted molar refractivity (Wildman–Crippen MR) is 69.9 cm³/mol. The minimum atomic E-state index is 0.0984. The molecule has 2 aromatic carbocycles. The van der Waals surface area contributed by atoms with Gasteiger partial charge in [-0.3, -0.25) is 10.4 Å². The molecule has 0 unspecified atom stereocenters. The molecule has 0 radical (unpaired) electrons. The van der Waals surface area contributed by atoms with Gasteiger partial charge in [-0.2, -0.15) is 0 Å². The molecule has 0 aliphatic carbocycles. The number of nitrogens with zero attached hydrogens (tertiary/aromatic N) is 1. The molecule has 88 valence electrons. The number of nitrogens with one attached hydrogen (secondary N) is 1. The molecule has 0 aromatic heterocycles. The Hall–Kier alpha value is -1.56. The quantitative estimate of drug-likeness (QED) is 0.754. The highest BCUT2D eigenvalue weighted by atomic mass is 79.9. The third-order valence-electron chi connectivity index (χ3n) is 2.24. The maximum Gasteiger partial charge on any atom is 0.118 e. The Morgan fingerprint density at radius 2 is 1.59 bits per heavy atom. The van der Waals surface area contributed by atoms with Gasteiger partial charge in [0.1, 0.15) is 5.69 Å². The van der Waals surface area contributed by atoms with E-state index >= 15 is 0 Å². The Kier molecular flexibility index (Phi) is 3.63. The fourth-order valence-electron chi connectivity index (χ4n) is 1.44. The van der Waals surface area contributed by atoms with Crippen LogP contribution in [-0.4, -0.2) is 10.4 Å². The van der Waals surface area contributed by atoms with Crippen LogP contribution in [0, 0.1) is 0 Å². The highest BCUT2D eigenvalue weighted by Crippen LogP contribution is 2.27. The molecule has 5 heteroatoms. The van der Waals surface area contributed by atoms with Crippen LogP contribution in [0.4, 0.5) is 17.1 Å². The van der Waals surface area contributed by atoms with Crippen LogP contribution < -0.4 is 10.5 Å². The Labute approximate surface area is 107 Å². The van der Waals surface area contributed by atoms with Crippen LogP contribution in [0.5, 0.6) is 0 Å². The van der Waals surface area contributed by atoms with Crippen molar-refractivity contribution in [2.24, 2.45) is 0 Å². The summed E-state index contributed by atoms with van der Waals surface area (Å²) in [6, 6.07) is 14.5. The summed E-state index contributed by atoms with van der Waals surface area (Å²) in [5, 5.41) is 21.3. The van der Waals surface area contributed by atoms with E-state index < -0.39 is 0 Å². The number of hydrogen-bond acceptors (Lipinski definition) is 4. The number of anilines is 3. The van der Waals surface area contributed by atoms with E-state index in [0.29, 0.717) is 5.69 Å². The van der Waals surface area contributed by atoms with E-state index in [-0.39, 0.29) is 10.9 Å². The minimum Gasteiger partial charge on any atom is -0.354 e. The lowest BCUT2D eigenvalue weighted by Gasteiger charge is -2.14. The summed E-state index contributed by atoms with van der Waals surface area (Å²) >= 11 is 3.35. The van der Waals surface area contributed by atoms with E-state index in [2.05, 4.69) is 21.2 Å². The maximum atomic E-state index is 9.07. The van der Waals surface area contributed by atoms with Crippen LogP contribution in [0.3, 0.4) is 0 Å². The van der Waals surface area contributed by atoms with Gasteiger partial charge in [-0.25, -0.2) is 0 Å². The molecule has 0 atom stereocenters. The van der Waals surface area contributed by atoms with Gasteiger partial charge >= 0.3 is 0 Å². The molecule has 0 aliphatic rings. The van der Waals surface area contributed by atoms with Crippen molar-refractivity contribution in [2.45, 2.75) is 0 Å². The SMILES string of the molecule is ON(O)c1ccccc1Nc1ccc(Br)cc1. The van der Waals surface area contributed by atoms with Crippen LogP contribution in [0.15, 0.2) is 53.0 Å². The van der Waals surface area contributed by atoms with Gasteiger partial charge in [-0.15, -0.1) is 5.23 Å². The largest absolute Gasteiger partial charge is 0.354 e. The van der Waals surface area contributed by atoms with Crippen LogP contribution in [0.2, 0.25) is 0 Å². The van der Waals surface area contributed by atoms with E-state index in [0.717, 1.165) is 10.2 Å². The smallest absolute Gasteiger partial charge is 0.118 e. The molecule has 0 bridgehead atoms. The normalized spacial score (nSPS) is 10.1. The molecule has 3 N–H and O–H groups in total. The van der Waals surface area contributed by atoms with Gasteiger partial charge in [-0.05, 0) is 36.4 Å². The molecule has 2 aromatic rings. The average molecular weight is 295 g/mol. The lowest BCUT2D eigenvalue weighted by atomic mass is 10.2. The van der Waals surface area contributed by atoms with E-state index in [1.54, 1.807) is 18.2 Å². The maximum absolute atomic E-state index is 9.07. The topological polar surface area (TPSA) is 55.7 Å². The number of halogens is 1. The second kappa shape index (κ2) is 5.18. The summed E-state index contributed by atoms with van der Waals surface area (Å²) in [5.41, 5.74) is 1.76. The first-order valence-corrected chi connectivity index (χ1v) is 5.75. The molecule has 2 rings (SSSR count). The molecular formula is C12H11BrN2O2. The first-order valence-electron chi connectivity index (χ1n) is 4.96. The fraction of sp³-hybridized carbons (Fsp3) is 0. The molecule has 0 amide bonds. The van der Waals surface area contributed by atoms with Crippen LogP contribution in [0.25, 0.3) is 0 Å². The minimum absolute atomic E-state index is 0.0984. The van der Waals surface area contributed by atoms with Crippen LogP contribution in [0.1, 0.15) is 0 Å². The van der Waals surface area contributed by atoms with Gasteiger partial charge in [0.05, 0.1) is 5.69 Å². The van der Waals surface area contributed by atoms with Crippen LogP contribution in [-0.2, 0) is 0 Å². The van der Waals surface area contributed by atoms with Gasteiger partial charge in [0.25, 0.3) is 0 Å². The van der Waals surface area contributed by atoms with E-state index in [9.17, 15) is 0 Å². The molecule has 17 heavy (non-hydrogen) atoms. The van der Waals surface area contributed by atoms with Crippen molar-refractivity contribution in [3.05, 3.63) is 53.0 Å². The van der Waals surface area contributed by atoms with Crippen molar-refractivity contribution in [3.63, 3.8) is 0 Å². The zero-order valence-corrected chi connectivity index (χ0v) is 10.4. The summed E-state index contributed by atoms with van der Waals surface area (Å²) in [7, 11) is 0. The molecule has 0 spiro atoms. The van der Waals surface area contributed by atoms with Gasteiger partial charge in [0, 0.05) is 10.2 Å². The first kappa shape index (κ1) is 11.9. The fourth-order valence-corrected chi connectivity index (χ4v) is 1.71. The summed E-state index contributed by atoms with van der Waals surface area (Å²) in [5.74, 6) is 0. The van der Waals surface area contributed by atoms with Gasteiger partial charge in [0.2, 0.25) is 0 Å². The molecule has 0 fully saturated rings. The molecule has 0 saturated carbocycles. The third-order valence-corrected chi connectivity index (χ3v) is 2.77. The first-order chi connectivity index (χ1) is 8.16. The summed E-state index contributed by atoms with van der Waals surface area (Å²) in [6.45, 7) is 0. The predicted octanol–water partition coefficient (Wildman–Crippen LogP) is 3.78. The monoisotopic (exact) mass is 294 g/mol. The number of hydrogen-bond donors (Lipinski definition) is 3. The highest BCUT2D eigenvalue weighted by Gasteiger charge is 2.06. The molecule has 0 aliphatic heterocycles. The Bertz CT molecular complexity index is 500. The molecular weight excluding hydrogens is 284 g/mol. The van der Waals surface area contributed by atoms with E-state index in [1.807, 2.05) is 30.3 Å². The second-order valence-electron chi connectivity index (χ2n) is 3.44. The van der Waals surface area contributed by atoms with Crippen molar-refractivity contribution < 1.29 is 10.4 Å². The van der Waals surface area contributed by atoms with Crippen molar-refractivity contribution in [1.82, 2.24) is 0 Å². The van der Waals surface area contributed by atoms with Crippen molar-refractivity contribution >= 4 is 33.0 Å². The molecule has 0 saturated heterocycles. The lowest BCUT2D eigenvalue weighted by Crippen LogP contribution is -2.12. The highest BCUT2D eigenvalue weighted by molar-refractivity contribution is 9.10. The summed E-state index contributed by atoms with van der Waals surface area (Å²) in [6.07, 6.45) is 0. The zero-order chi connectivity index (χ0) is 12.3. The molecule has 0 heterocycles. The molecule has 4 nitrogen and oxygen atoms in total. The van der Waals surface area contributed by atoms with Gasteiger partial charge < -0.3 is 5.32 Å². The van der Waals surface area contributed by atoms with Crippen LogP contribution >= 0.6 is 15.9 Å². The summed E-state index contributed by atoms with van der Waals surface area (Å²) < 4.78 is 0.988. The standard InChI is InChI=1S/C12H11BrN2O2/c13-9-5-7-10(8-6-9)14-11-3-1-2-4-12(11)15(16)17/h1-8,14,16-17H. The van der Waals surface area contributed by atoms with E-state index in [4.69, 9.17) is 10.4 Å². The van der Waals surface area contributed by atoms with Gasteiger partial charge in [-0.1, -0.05) is 28.1 Å². The Balaban J connectivity index is 2.26. The number of benzene rings is 2. The lowest BCUT2D eigenvalue weighted by molar-refractivity contribution is 0.0296. The van der Waals surface area contributed by atoms with Crippen molar-refractivity contribution in [1.29, 1.82) is 0 Å². The number of para-hydroxylation sites is 2. The van der Waals surface area contributed by atoms with Crippen molar-refractivity contribution in [3.8, 4) is 0 Å². The van der Waals surface area contributed by atoms with Crippen molar-refractivity contribution in [2.75, 3.05) is 10.5 Å². The Morgan fingerprint density at radius 1 is 0.941 bits per heavy atom. The third kappa shape index (κ3) is 2.97. The van der Waals surface area contributed by atoms with E-state index in [1.165, 1.54) is 0 Å². The number of rotatable bonds is 3. The summed E-state index contributed by atoms with van der Waals surface area (Å²) in [4.78, 5) is 0. The second-order valence-corrected chi connectivity index (χ2v) is 4.35. The van der Waals surface area contributed by atoms with Gasteiger partial charge in [0.15, 0.2) is 0 Å². The average Bonchev–Trinajstić information content (AvgIpc) is 2.32.